The van der Waals surface area contributed by atoms with Gasteiger partial charge in [0, 0.05) is 12.2 Å². The highest BCUT2D eigenvalue weighted by atomic mass is 15.1. The fourth-order valence-electron chi connectivity index (χ4n) is 2.93. The van der Waals surface area contributed by atoms with Gasteiger partial charge in [-0.2, -0.15) is 5.26 Å². The average Bonchev–Trinajstić information content (AvgIpc) is 2.57. The van der Waals surface area contributed by atoms with E-state index in [4.69, 9.17) is 5.73 Å². The van der Waals surface area contributed by atoms with Gasteiger partial charge in [-0.05, 0) is 57.8 Å². The molecule has 0 atom stereocenters. The molecule has 0 saturated carbocycles. The molecule has 0 spiro atoms. The van der Waals surface area contributed by atoms with Crippen LogP contribution in [0.2, 0.25) is 0 Å². The third-order valence-electron chi connectivity index (χ3n) is 4.72. The SMILES string of the molecule is Cc1c(C#N)c(N)n(CC2(C)CCN(C)CC2)c1C. The van der Waals surface area contributed by atoms with Crippen molar-refractivity contribution >= 4 is 5.82 Å². The Hall–Kier alpha value is -1.47. The van der Waals surface area contributed by atoms with Gasteiger partial charge in [0.2, 0.25) is 0 Å². The van der Waals surface area contributed by atoms with Crippen LogP contribution in [-0.4, -0.2) is 29.6 Å². The van der Waals surface area contributed by atoms with Crippen molar-refractivity contribution in [2.75, 3.05) is 25.9 Å². The van der Waals surface area contributed by atoms with Crippen molar-refractivity contribution in [3.05, 3.63) is 16.8 Å². The lowest BCUT2D eigenvalue weighted by molar-refractivity contribution is 0.121. The predicted octanol–water partition coefficient (Wildman–Crippen LogP) is 2.29. The highest BCUT2D eigenvalue weighted by Crippen LogP contribution is 2.35. The molecular formula is C15H24N4. The molecule has 0 aromatic carbocycles. The van der Waals surface area contributed by atoms with Crippen LogP contribution in [0.25, 0.3) is 0 Å². The summed E-state index contributed by atoms with van der Waals surface area (Å²) < 4.78 is 2.14. The molecule has 1 saturated heterocycles. The normalized spacial score (nSPS) is 19.3. The maximum Gasteiger partial charge on any atom is 0.122 e. The summed E-state index contributed by atoms with van der Waals surface area (Å²) >= 11 is 0. The van der Waals surface area contributed by atoms with Gasteiger partial charge in [0.05, 0.1) is 5.56 Å². The number of nitriles is 1. The zero-order valence-corrected chi connectivity index (χ0v) is 12.5. The van der Waals surface area contributed by atoms with Crippen LogP contribution in [0.3, 0.4) is 0 Å². The van der Waals surface area contributed by atoms with Crippen LogP contribution < -0.4 is 5.73 Å². The lowest BCUT2D eigenvalue weighted by Crippen LogP contribution is -2.38. The van der Waals surface area contributed by atoms with Gasteiger partial charge in [0.1, 0.15) is 11.9 Å². The Bertz CT molecular complexity index is 513. The van der Waals surface area contributed by atoms with E-state index in [1.165, 1.54) is 12.8 Å². The number of hydrogen-bond donors (Lipinski definition) is 1. The molecule has 0 amide bonds. The Kier molecular flexibility index (Phi) is 3.60. The number of hydrogen-bond acceptors (Lipinski definition) is 3. The third-order valence-corrected chi connectivity index (χ3v) is 4.72. The van der Waals surface area contributed by atoms with Crippen molar-refractivity contribution in [1.82, 2.24) is 9.47 Å². The first kappa shape index (κ1) is 14.0. The van der Waals surface area contributed by atoms with Crippen molar-refractivity contribution < 1.29 is 0 Å². The van der Waals surface area contributed by atoms with Crippen molar-refractivity contribution in [2.45, 2.75) is 40.2 Å². The Morgan fingerprint density at radius 3 is 2.37 bits per heavy atom. The fraction of sp³-hybridized carbons (Fsp3) is 0.667. The number of nitrogens with zero attached hydrogens (tertiary/aromatic N) is 3. The molecule has 0 unspecified atom stereocenters. The predicted molar refractivity (Wildman–Crippen MR) is 77.9 cm³/mol. The van der Waals surface area contributed by atoms with E-state index in [9.17, 15) is 5.26 Å². The molecule has 1 aliphatic rings. The molecule has 104 valence electrons. The topological polar surface area (TPSA) is 58.0 Å². The second kappa shape index (κ2) is 4.90. The summed E-state index contributed by atoms with van der Waals surface area (Å²) in [6.07, 6.45) is 2.36. The van der Waals surface area contributed by atoms with E-state index in [-0.39, 0.29) is 5.41 Å². The van der Waals surface area contributed by atoms with Gasteiger partial charge < -0.3 is 15.2 Å². The first-order chi connectivity index (χ1) is 8.88. The van der Waals surface area contributed by atoms with E-state index in [0.717, 1.165) is 30.9 Å². The molecule has 4 nitrogen and oxygen atoms in total. The molecule has 2 heterocycles. The summed E-state index contributed by atoms with van der Waals surface area (Å²) in [7, 11) is 2.17. The minimum Gasteiger partial charge on any atom is -0.384 e. The van der Waals surface area contributed by atoms with Gasteiger partial charge in [-0.25, -0.2) is 0 Å². The molecule has 1 fully saturated rings. The first-order valence-corrected chi connectivity index (χ1v) is 6.92. The van der Waals surface area contributed by atoms with Gasteiger partial charge in [-0.1, -0.05) is 6.92 Å². The minimum atomic E-state index is 0.281. The molecule has 2 rings (SSSR count). The molecule has 0 bridgehead atoms. The summed E-state index contributed by atoms with van der Waals surface area (Å²) in [5.74, 6) is 0.637. The molecule has 19 heavy (non-hydrogen) atoms. The van der Waals surface area contributed by atoms with Crippen LogP contribution in [0, 0.1) is 30.6 Å². The Labute approximate surface area is 115 Å². The molecular weight excluding hydrogens is 236 g/mol. The number of rotatable bonds is 2. The van der Waals surface area contributed by atoms with Crippen molar-refractivity contribution in [3.8, 4) is 6.07 Å². The molecule has 1 aliphatic heterocycles. The van der Waals surface area contributed by atoms with Crippen LogP contribution in [0.15, 0.2) is 0 Å². The quantitative estimate of drug-likeness (QED) is 0.887. The third kappa shape index (κ3) is 2.48. The Balaban J connectivity index is 2.27. The van der Waals surface area contributed by atoms with Crippen LogP contribution >= 0.6 is 0 Å². The van der Waals surface area contributed by atoms with E-state index >= 15 is 0 Å². The number of likely N-dealkylation sites (tertiary alicyclic amines) is 1. The zero-order chi connectivity index (χ0) is 14.2. The number of piperidine rings is 1. The standard InChI is InChI=1S/C15H24N4/c1-11-12(2)19(14(17)13(11)9-16)10-15(3)5-7-18(4)8-6-15/h5-8,10,17H2,1-4H3. The molecule has 2 N–H and O–H groups in total. The van der Waals surface area contributed by atoms with E-state index in [0.29, 0.717) is 11.4 Å². The van der Waals surface area contributed by atoms with Crippen LogP contribution in [0.4, 0.5) is 5.82 Å². The summed E-state index contributed by atoms with van der Waals surface area (Å²) in [6.45, 7) is 9.57. The fourth-order valence-corrected chi connectivity index (χ4v) is 2.93. The molecule has 0 radical (unpaired) electrons. The van der Waals surface area contributed by atoms with Gasteiger partial charge >= 0.3 is 0 Å². The second-order valence-electron chi connectivity index (χ2n) is 6.28. The minimum absolute atomic E-state index is 0.281. The molecule has 1 aromatic heterocycles. The first-order valence-electron chi connectivity index (χ1n) is 6.92. The lowest BCUT2D eigenvalue weighted by atomic mass is 9.80. The smallest absolute Gasteiger partial charge is 0.122 e. The Morgan fingerprint density at radius 1 is 1.32 bits per heavy atom. The van der Waals surface area contributed by atoms with E-state index in [1.807, 2.05) is 6.92 Å². The highest BCUT2D eigenvalue weighted by Gasteiger charge is 2.31. The van der Waals surface area contributed by atoms with Gasteiger partial charge in [-0.15, -0.1) is 0 Å². The molecule has 1 aromatic rings. The summed E-state index contributed by atoms with van der Waals surface area (Å²) in [6, 6.07) is 2.23. The monoisotopic (exact) mass is 260 g/mol. The van der Waals surface area contributed by atoms with E-state index in [1.54, 1.807) is 0 Å². The Morgan fingerprint density at radius 2 is 1.89 bits per heavy atom. The number of nitrogens with two attached hydrogens (primary N) is 1. The second-order valence-corrected chi connectivity index (χ2v) is 6.28. The van der Waals surface area contributed by atoms with Crippen LogP contribution in [-0.2, 0) is 6.54 Å². The average molecular weight is 260 g/mol. The van der Waals surface area contributed by atoms with Crippen molar-refractivity contribution in [2.24, 2.45) is 5.41 Å². The lowest BCUT2D eigenvalue weighted by Gasteiger charge is -2.38. The molecule has 4 heteroatoms. The van der Waals surface area contributed by atoms with Crippen LogP contribution in [0.5, 0.6) is 0 Å². The number of nitrogen functional groups attached to an aromatic ring is 1. The maximum absolute atomic E-state index is 9.19. The largest absolute Gasteiger partial charge is 0.384 e. The summed E-state index contributed by atoms with van der Waals surface area (Å²) in [4.78, 5) is 2.37. The molecule has 0 aliphatic carbocycles. The van der Waals surface area contributed by atoms with E-state index in [2.05, 4.69) is 36.4 Å². The maximum atomic E-state index is 9.19. The van der Waals surface area contributed by atoms with Crippen molar-refractivity contribution in [3.63, 3.8) is 0 Å². The van der Waals surface area contributed by atoms with Gasteiger partial charge in [0.15, 0.2) is 0 Å². The number of anilines is 1. The summed E-state index contributed by atoms with van der Waals surface area (Å²) in [5.41, 5.74) is 9.24. The van der Waals surface area contributed by atoms with E-state index < -0.39 is 0 Å². The summed E-state index contributed by atoms with van der Waals surface area (Å²) in [5, 5.41) is 9.19. The highest BCUT2D eigenvalue weighted by molar-refractivity contribution is 5.57. The number of aromatic nitrogens is 1. The van der Waals surface area contributed by atoms with Gasteiger partial charge in [-0.3, -0.25) is 0 Å². The van der Waals surface area contributed by atoms with Crippen LogP contribution in [0.1, 0.15) is 36.6 Å². The van der Waals surface area contributed by atoms with Crippen molar-refractivity contribution in [1.29, 1.82) is 5.26 Å². The van der Waals surface area contributed by atoms with Gasteiger partial charge in [0.25, 0.3) is 0 Å². The zero-order valence-electron chi connectivity index (χ0n) is 12.5.